The van der Waals surface area contributed by atoms with Gasteiger partial charge in [-0.1, -0.05) is 152 Å². The van der Waals surface area contributed by atoms with Crippen LogP contribution in [0, 0.1) is 20.8 Å². The van der Waals surface area contributed by atoms with Crippen LogP contribution in [0.15, 0.2) is 110 Å². The number of aryl methyl sites for hydroxylation is 3. The van der Waals surface area contributed by atoms with E-state index in [-0.39, 0.29) is 0 Å². The molecule has 0 saturated heterocycles. The molecule has 3 aromatic carbocycles. The molecule has 0 aliphatic rings. The Labute approximate surface area is 345 Å². The lowest BCUT2D eigenvalue weighted by atomic mass is 10.1. The second-order valence-electron chi connectivity index (χ2n) is 14.3. The Kier molecular flexibility index (Phi) is 31.2. The van der Waals surface area contributed by atoms with Crippen LogP contribution in [0.5, 0.6) is 0 Å². The molecule has 3 aromatic heterocycles. The minimum atomic E-state index is 0.365. The molecular weight excluding hydrogens is 703 g/mol. The Morgan fingerprint density at radius 3 is 0.807 bits per heavy atom. The fraction of sp³-hybridized carbons (Fsp3) is 0.471. The predicted molar refractivity (Wildman–Crippen MR) is 247 cm³/mol. The third kappa shape index (κ3) is 23.6. The largest absolute Gasteiger partial charge is 0.396 e. The molecule has 6 nitrogen and oxygen atoms in total. The fourth-order valence-corrected chi connectivity index (χ4v) is 5.86. The van der Waals surface area contributed by atoms with Gasteiger partial charge in [-0.2, -0.15) is 0 Å². The van der Waals surface area contributed by atoms with Crippen molar-refractivity contribution >= 4 is 32.7 Å². The third-order valence-electron chi connectivity index (χ3n) is 9.39. The molecule has 0 fully saturated rings. The Bertz CT molecular complexity index is 1580. The van der Waals surface area contributed by atoms with E-state index in [9.17, 15) is 0 Å². The number of aromatic nitrogens is 3. The van der Waals surface area contributed by atoms with E-state index in [0.717, 1.165) is 35.8 Å². The molecule has 0 aliphatic carbocycles. The van der Waals surface area contributed by atoms with Gasteiger partial charge in [0.25, 0.3) is 0 Å². The van der Waals surface area contributed by atoms with E-state index in [2.05, 4.69) is 74.7 Å². The van der Waals surface area contributed by atoms with Crippen molar-refractivity contribution < 1.29 is 15.3 Å². The molecule has 0 unspecified atom stereocenters. The van der Waals surface area contributed by atoms with Crippen LogP contribution >= 0.6 is 0 Å². The van der Waals surface area contributed by atoms with E-state index in [1.165, 1.54) is 110 Å². The number of benzene rings is 3. The number of hydrogen-bond acceptors (Lipinski definition) is 6. The molecule has 0 radical (unpaired) electrons. The van der Waals surface area contributed by atoms with Crippen molar-refractivity contribution in [2.24, 2.45) is 0 Å². The third-order valence-corrected chi connectivity index (χ3v) is 9.39. The molecule has 6 heteroatoms. The summed E-state index contributed by atoms with van der Waals surface area (Å²) in [6, 6.07) is 30.6. The number of rotatable bonds is 15. The van der Waals surface area contributed by atoms with Crippen LogP contribution in [0.25, 0.3) is 32.7 Å². The molecular formula is C51H75N3O3. The smallest absolute Gasteiger partial charge is 0.0704 e. The highest BCUT2D eigenvalue weighted by Crippen LogP contribution is 2.16. The van der Waals surface area contributed by atoms with Crippen LogP contribution < -0.4 is 0 Å². The van der Waals surface area contributed by atoms with Crippen LogP contribution in [0.3, 0.4) is 0 Å². The van der Waals surface area contributed by atoms with Gasteiger partial charge in [0.05, 0.1) is 16.6 Å². The van der Waals surface area contributed by atoms with Gasteiger partial charge in [0, 0.05) is 54.6 Å². The summed E-state index contributed by atoms with van der Waals surface area (Å²) in [4.78, 5) is 12.7. The Morgan fingerprint density at radius 1 is 0.333 bits per heavy atom. The minimum Gasteiger partial charge on any atom is -0.396 e. The Morgan fingerprint density at radius 2 is 0.579 bits per heavy atom. The molecule has 0 bridgehead atoms. The highest BCUT2D eigenvalue weighted by atomic mass is 16.3. The lowest BCUT2D eigenvalue weighted by molar-refractivity contribution is 0.282. The van der Waals surface area contributed by atoms with Gasteiger partial charge in [0.2, 0.25) is 0 Å². The number of pyridine rings is 3. The van der Waals surface area contributed by atoms with Gasteiger partial charge < -0.3 is 15.3 Å². The second kappa shape index (κ2) is 35.0. The van der Waals surface area contributed by atoms with Gasteiger partial charge in [-0.15, -0.1) is 0 Å². The number of aliphatic hydroxyl groups is 3. The highest BCUT2D eigenvalue weighted by Gasteiger charge is 1.96. The van der Waals surface area contributed by atoms with Crippen molar-refractivity contribution in [2.45, 2.75) is 138 Å². The molecule has 0 aliphatic heterocycles. The standard InChI is InChI=1S/3C10H9N.3C7H16O/c3*1-8-6-7-11-10-5-3-2-4-9(8)10;3*1-2-3-4-5-6-7-8/h3*2-7H,1H3;3*8H,2-7H2,1H3. The van der Waals surface area contributed by atoms with Crippen molar-refractivity contribution in [2.75, 3.05) is 19.8 Å². The average molecular weight is 778 g/mol. The number of aliphatic hydroxyl groups excluding tert-OH is 3. The van der Waals surface area contributed by atoms with Gasteiger partial charge >= 0.3 is 0 Å². The zero-order chi connectivity index (χ0) is 41.8. The van der Waals surface area contributed by atoms with Crippen LogP contribution in [0.2, 0.25) is 0 Å². The molecule has 6 rings (SSSR count). The van der Waals surface area contributed by atoms with Crippen LogP contribution in [-0.4, -0.2) is 50.1 Å². The average Bonchev–Trinajstić information content (AvgIpc) is 3.25. The van der Waals surface area contributed by atoms with E-state index in [1.54, 1.807) is 0 Å². The number of nitrogens with zero attached hydrogens (tertiary/aromatic N) is 3. The molecule has 0 saturated carbocycles. The van der Waals surface area contributed by atoms with Crippen LogP contribution in [0.4, 0.5) is 0 Å². The fourth-order valence-electron chi connectivity index (χ4n) is 5.86. The summed E-state index contributed by atoms with van der Waals surface area (Å²) < 4.78 is 0. The first-order valence-electron chi connectivity index (χ1n) is 21.6. The summed E-state index contributed by atoms with van der Waals surface area (Å²) in [5, 5.41) is 28.8. The molecule has 312 valence electrons. The van der Waals surface area contributed by atoms with Crippen molar-refractivity contribution in [1.82, 2.24) is 15.0 Å². The zero-order valence-corrected chi connectivity index (χ0v) is 36.3. The summed E-state index contributed by atoms with van der Waals surface area (Å²) >= 11 is 0. The highest BCUT2D eigenvalue weighted by molar-refractivity contribution is 5.82. The molecule has 3 heterocycles. The summed E-state index contributed by atoms with van der Waals surface area (Å²) in [6.45, 7) is 14.0. The summed E-state index contributed by atoms with van der Waals surface area (Å²) in [7, 11) is 0. The van der Waals surface area contributed by atoms with Crippen molar-refractivity contribution in [3.05, 3.63) is 126 Å². The Hall–Kier alpha value is -4.23. The number of fused-ring (bicyclic) bond motifs is 3. The molecule has 3 N–H and O–H groups in total. The molecule has 0 amide bonds. The summed E-state index contributed by atoms with van der Waals surface area (Å²) in [5.74, 6) is 0. The van der Waals surface area contributed by atoms with Gasteiger partial charge in [-0.25, -0.2) is 0 Å². The maximum absolute atomic E-state index is 8.37. The van der Waals surface area contributed by atoms with E-state index in [0.29, 0.717) is 19.8 Å². The molecule has 57 heavy (non-hydrogen) atoms. The summed E-state index contributed by atoms with van der Waals surface area (Å²) in [5.41, 5.74) is 7.09. The van der Waals surface area contributed by atoms with E-state index in [1.807, 2.05) is 91.4 Å². The van der Waals surface area contributed by atoms with Crippen LogP contribution in [0.1, 0.15) is 134 Å². The van der Waals surface area contributed by atoms with Gasteiger partial charge in [-0.05, 0) is 93.1 Å². The van der Waals surface area contributed by atoms with Crippen LogP contribution in [-0.2, 0) is 0 Å². The lowest BCUT2D eigenvalue weighted by Gasteiger charge is -1.97. The first-order chi connectivity index (χ1) is 27.9. The molecule has 0 spiro atoms. The van der Waals surface area contributed by atoms with Crippen molar-refractivity contribution in [3.8, 4) is 0 Å². The zero-order valence-electron chi connectivity index (χ0n) is 36.3. The molecule has 6 aromatic rings. The SMILES string of the molecule is CCCCCCCO.CCCCCCCO.CCCCCCCO.Cc1ccnc2ccccc12.Cc1ccnc2ccccc12.Cc1ccnc2ccccc12. The topological polar surface area (TPSA) is 99.4 Å². The number of unbranched alkanes of at least 4 members (excludes halogenated alkanes) is 12. The lowest BCUT2D eigenvalue weighted by Crippen LogP contribution is -1.81. The maximum atomic E-state index is 8.37. The monoisotopic (exact) mass is 778 g/mol. The Balaban J connectivity index is 0.000000345. The van der Waals surface area contributed by atoms with E-state index < -0.39 is 0 Å². The van der Waals surface area contributed by atoms with Gasteiger partial charge in [0.15, 0.2) is 0 Å². The molecule has 0 atom stereocenters. The number of para-hydroxylation sites is 3. The van der Waals surface area contributed by atoms with E-state index in [4.69, 9.17) is 15.3 Å². The van der Waals surface area contributed by atoms with Gasteiger partial charge in [-0.3, -0.25) is 15.0 Å². The quantitative estimate of drug-likeness (QED) is 0.0898. The predicted octanol–water partition coefficient (Wildman–Crippen LogP) is 13.5. The normalized spacial score (nSPS) is 10.1. The summed E-state index contributed by atoms with van der Waals surface area (Å²) in [6.07, 6.45) is 23.8. The van der Waals surface area contributed by atoms with Gasteiger partial charge in [0.1, 0.15) is 0 Å². The van der Waals surface area contributed by atoms with Crippen molar-refractivity contribution in [1.29, 1.82) is 0 Å². The first kappa shape index (κ1) is 50.8. The van der Waals surface area contributed by atoms with E-state index >= 15 is 0 Å². The second-order valence-corrected chi connectivity index (χ2v) is 14.3. The number of hydrogen-bond donors (Lipinski definition) is 3. The van der Waals surface area contributed by atoms with Crippen molar-refractivity contribution in [3.63, 3.8) is 0 Å². The minimum absolute atomic E-state index is 0.365. The maximum Gasteiger partial charge on any atom is 0.0704 e. The first-order valence-corrected chi connectivity index (χ1v) is 21.6.